The number of hydrogen-bond donors (Lipinski definition) is 2. The summed E-state index contributed by atoms with van der Waals surface area (Å²) in [5.41, 5.74) is 1.64. The number of urea groups is 1. The number of rotatable bonds is 6. The van der Waals surface area contributed by atoms with E-state index in [9.17, 15) is 9.59 Å². The van der Waals surface area contributed by atoms with Crippen LogP contribution in [0.1, 0.15) is 32.8 Å². The van der Waals surface area contributed by atoms with Gasteiger partial charge >= 0.3 is 6.03 Å². The van der Waals surface area contributed by atoms with Gasteiger partial charge in [0.2, 0.25) is 5.91 Å². The molecule has 5 nitrogen and oxygen atoms in total. The highest BCUT2D eigenvalue weighted by atomic mass is 16.2. The van der Waals surface area contributed by atoms with Crippen LogP contribution < -0.4 is 10.6 Å². The highest BCUT2D eigenvalue weighted by Crippen LogP contribution is 2.16. The number of para-hydroxylation sites is 1. The average molecular weight is 291 g/mol. The van der Waals surface area contributed by atoms with Crippen molar-refractivity contribution in [2.75, 3.05) is 18.9 Å². The molecular formula is C16H25N3O2. The Bertz CT molecular complexity index is 486. The Kier molecular flexibility index (Phi) is 6.72. The fraction of sp³-hybridized carbons (Fsp3) is 0.500. The first kappa shape index (κ1) is 17.0. The second kappa shape index (κ2) is 8.29. The fourth-order valence-corrected chi connectivity index (χ4v) is 1.79. The van der Waals surface area contributed by atoms with E-state index in [1.54, 1.807) is 11.9 Å². The summed E-state index contributed by atoms with van der Waals surface area (Å²) < 4.78 is 0. The van der Waals surface area contributed by atoms with Gasteiger partial charge in [0.15, 0.2) is 0 Å². The van der Waals surface area contributed by atoms with Crippen LogP contribution in [-0.2, 0) is 11.3 Å². The summed E-state index contributed by atoms with van der Waals surface area (Å²) in [5.74, 6) is 0.549. The van der Waals surface area contributed by atoms with Gasteiger partial charge in [-0.05, 0) is 24.0 Å². The number of carbonyl (C=O) groups is 2. The largest absolute Gasteiger partial charge is 0.342 e. The van der Waals surface area contributed by atoms with Gasteiger partial charge in [0.25, 0.3) is 0 Å². The van der Waals surface area contributed by atoms with Crippen molar-refractivity contribution in [3.63, 3.8) is 0 Å². The zero-order valence-electron chi connectivity index (χ0n) is 13.3. The van der Waals surface area contributed by atoms with Gasteiger partial charge < -0.3 is 15.5 Å². The van der Waals surface area contributed by atoms with Crippen molar-refractivity contribution < 1.29 is 9.59 Å². The molecule has 0 saturated carbocycles. The van der Waals surface area contributed by atoms with Crippen molar-refractivity contribution in [3.05, 3.63) is 29.8 Å². The summed E-state index contributed by atoms with van der Waals surface area (Å²) in [5, 5.41) is 5.68. The van der Waals surface area contributed by atoms with Crippen LogP contribution in [0.15, 0.2) is 24.3 Å². The normalized spacial score (nSPS) is 10.3. The van der Waals surface area contributed by atoms with Gasteiger partial charge in [-0.2, -0.15) is 0 Å². The first-order valence-corrected chi connectivity index (χ1v) is 7.24. The maximum atomic E-state index is 11.9. The molecule has 0 saturated heterocycles. The molecule has 0 spiro atoms. The number of anilines is 1. The lowest BCUT2D eigenvalue weighted by atomic mass is 10.1. The van der Waals surface area contributed by atoms with Gasteiger partial charge in [-0.15, -0.1) is 0 Å². The fourth-order valence-electron chi connectivity index (χ4n) is 1.79. The van der Waals surface area contributed by atoms with E-state index in [2.05, 4.69) is 24.5 Å². The third-order valence-electron chi connectivity index (χ3n) is 3.22. The van der Waals surface area contributed by atoms with Gasteiger partial charge in [0.05, 0.1) is 0 Å². The first-order chi connectivity index (χ1) is 9.90. The van der Waals surface area contributed by atoms with E-state index >= 15 is 0 Å². The van der Waals surface area contributed by atoms with Gasteiger partial charge in [-0.25, -0.2) is 4.79 Å². The number of hydrogen-bond acceptors (Lipinski definition) is 2. The Morgan fingerprint density at radius 2 is 1.90 bits per heavy atom. The number of nitrogens with zero attached hydrogens (tertiary/aromatic N) is 1. The van der Waals surface area contributed by atoms with Crippen molar-refractivity contribution >= 4 is 17.6 Å². The second-order valence-corrected chi connectivity index (χ2v) is 5.60. The predicted octanol–water partition coefficient (Wildman–Crippen LogP) is 2.83. The molecular weight excluding hydrogens is 266 g/mol. The van der Waals surface area contributed by atoms with E-state index in [1.165, 1.54) is 6.92 Å². The van der Waals surface area contributed by atoms with Crippen molar-refractivity contribution in [2.45, 2.75) is 33.7 Å². The quantitative estimate of drug-likeness (QED) is 0.846. The summed E-state index contributed by atoms with van der Waals surface area (Å²) in [6.45, 7) is 6.88. The Balaban J connectivity index is 2.62. The SMILES string of the molecule is CC(=O)N(C)Cc1ccccc1NC(=O)NCCC(C)C. The standard InChI is InChI=1S/C16H25N3O2/c1-12(2)9-10-17-16(21)18-15-8-6-5-7-14(15)11-19(4)13(3)20/h5-8,12H,9-11H2,1-4H3,(H2,17,18,21). The van der Waals surface area contributed by atoms with E-state index in [0.717, 1.165) is 17.7 Å². The molecule has 5 heteroatoms. The molecule has 0 aliphatic heterocycles. The maximum Gasteiger partial charge on any atom is 0.319 e. The van der Waals surface area contributed by atoms with Crippen molar-refractivity contribution in [1.82, 2.24) is 10.2 Å². The van der Waals surface area contributed by atoms with Gasteiger partial charge in [0.1, 0.15) is 0 Å². The number of amides is 3. The Morgan fingerprint density at radius 3 is 2.52 bits per heavy atom. The number of nitrogens with one attached hydrogen (secondary N) is 2. The lowest BCUT2D eigenvalue weighted by Crippen LogP contribution is -2.31. The van der Waals surface area contributed by atoms with Crippen LogP contribution in [0.3, 0.4) is 0 Å². The summed E-state index contributed by atoms with van der Waals surface area (Å²) in [4.78, 5) is 24.8. The van der Waals surface area contributed by atoms with Crippen LogP contribution in [0.2, 0.25) is 0 Å². The van der Waals surface area contributed by atoms with Gasteiger partial charge in [-0.3, -0.25) is 4.79 Å². The summed E-state index contributed by atoms with van der Waals surface area (Å²) >= 11 is 0. The third kappa shape index (κ3) is 6.29. The molecule has 3 amide bonds. The van der Waals surface area contributed by atoms with E-state index < -0.39 is 0 Å². The molecule has 2 N–H and O–H groups in total. The molecule has 1 rings (SSSR count). The van der Waals surface area contributed by atoms with Crippen molar-refractivity contribution in [3.8, 4) is 0 Å². The predicted molar refractivity (Wildman–Crippen MR) is 85.1 cm³/mol. The number of carbonyl (C=O) groups excluding carboxylic acids is 2. The molecule has 0 unspecified atom stereocenters. The summed E-state index contributed by atoms with van der Waals surface area (Å²) in [7, 11) is 1.74. The molecule has 1 aromatic carbocycles. The van der Waals surface area contributed by atoms with Crippen LogP contribution in [-0.4, -0.2) is 30.4 Å². The van der Waals surface area contributed by atoms with Crippen LogP contribution >= 0.6 is 0 Å². The average Bonchev–Trinajstić information content (AvgIpc) is 2.40. The van der Waals surface area contributed by atoms with Crippen molar-refractivity contribution in [1.29, 1.82) is 0 Å². The monoisotopic (exact) mass is 291 g/mol. The second-order valence-electron chi connectivity index (χ2n) is 5.60. The maximum absolute atomic E-state index is 11.9. The molecule has 0 radical (unpaired) electrons. The van der Waals surface area contributed by atoms with E-state index in [4.69, 9.17) is 0 Å². The van der Waals surface area contributed by atoms with Gasteiger partial charge in [-0.1, -0.05) is 32.0 Å². The summed E-state index contributed by atoms with van der Waals surface area (Å²) in [6, 6.07) is 7.29. The van der Waals surface area contributed by atoms with Crippen molar-refractivity contribution in [2.24, 2.45) is 5.92 Å². The zero-order valence-corrected chi connectivity index (χ0v) is 13.3. The highest BCUT2D eigenvalue weighted by molar-refractivity contribution is 5.90. The van der Waals surface area contributed by atoms with Crippen LogP contribution in [0.5, 0.6) is 0 Å². The molecule has 0 aliphatic carbocycles. The molecule has 1 aromatic rings. The highest BCUT2D eigenvalue weighted by Gasteiger charge is 2.09. The van der Waals surface area contributed by atoms with Crippen LogP contribution in [0, 0.1) is 5.92 Å². The lowest BCUT2D eigenvalue weighted by molar-refractivity contribution is -0.128. The zero-order chi connectivity index (χ0) is 15.8. The minimum Gasteiger partial charge on any atom is -0.342 e. The molecule has 0 aliphatic rings. The molecule has 0 heterocycles. The summed E-state index contributed by atoms with van der Waals surface area (Å²) in [6.07, 6.45) is 0.947. The molecule has 21 heavy (non-hydrogen) atoms. The number of benzene rings is 1. The smallest absolute Gasteiger partial charge is 0.319 e. The molecule has 0 bridgehead atoms. The lowest BCUT2D eigenvalue weighted by Gasteiger charge is -2.18. The Labute approximate surface area is 126 Å². The Morgan fingerprint density at radius 1 is 1.24 bits per heavy atom. The topological polar surface area (TPSA) is 61.4 Å². The van der Waals surface area contributed by atoms with E-state index in [1.807, 2.05) is 24.3 Å². The minimum absolute atomic E-state index is 0.00816. The molecule has 116 valence electrons. The molecule has 0 atom stereocenters. The van der Waals surface area contributed by atoms with E-state index in [0.29, 0.717) is 19.0 Å². The van der Waals surface area contributed by atoms with Crippen LogP contribution in [0.25, 0.3) is 0 Å². The van der Waals surface area contributed by atoms with Gasteiger partial charge in [0, 0.05) is 32.7 Å². The first-order valence-electron chi connectivity index (χ1n) is 7.24. The molecule has 0 fully saturated rings. The Hall–Kier alpha value is -2.04. The van der Waals surface area contributed by atoms with Crippen LogP contribution in [0.4, 0.5) is 10.5 Å². The van der Waals surface area contributed by atoms with E-state index in [-0.39, 0.29) is 11.9 Å². The third-order valence-corrected chi connectivity index (χ3v) is 3.22. The molecule has 0 aromatic heterocycles. The minimum atomic E-state index is -0.214.